The number of urea groups is 1. The molecule has 1 saturated heterocycles. The molecule has 0 saturated carbocycles. The van der Waals surface area contributed by atoms with Crippen LogP contribution in [-0.2, 0) is 11.3 Å². The van der Waals surface area contributed by atoms with Crippen LogP contribution in [0.5, 0.6) is 0 Å². The van der Waals surface area contributed by atoms with Gasteiger partial charge in [0.1, 0.15) is 0 Å². The maximum Gasteiger partial charge on any atom is 0.317 e. The number of pyridine rings is 1. The van der Waals surface area contributed by atoms with Crippen LogP contribution in [0.15, 0.2) is 24.4 Å². The zero-order chi connectivity index (χ0) is 15.1. The normalized spacial score (nSPS) is 18.3. The van der Waals surface area contributed by atoms with E-state index in [4.69, 9.17) is 5.11 Å². The van der Waals surface area contributed by atoms with E-state index in [1.54, 1.807) is 11.1 Å². The van der Waals surface area contributed by atoms with E-state index in [2.05, 4.69) is 10.3 Å². The summed E-state index contributed by atoms with van der Waals surface area (Å²) in [6.07, 6.45) is 5.22. The Morgan fingerprint density at radius 3 is 2.95 bits per heavy atom. The lowest BCUT2D eigenvalue weighted by atomic mass is 9.98. The van der Waals surface area contributed by atoms with E-state index in [-0.39, 0.29) is 18.5 Å². The molecule has 0 bridgehead atoms. The summed E-state index contributed by atoms with van der Waals surface area (Å²) >= 11 is 0. The minimum atomic E-state index is -0.811. The Bertz CT molecular complexity index is 478. The lowest BCUT2D eigenvalue weighted by molar-refractivity contribution is -0.137. The van der Waals surface area contributed by atoms with Crippen molar-refractivity contribution in [3.63, 3.8) is 0 Å². The molecule has 1 unspecified atom stereocenters. The van der Waals surface area contributed by atoms with E-state index in [0.29, 0.717) is 19.5 Å². The Hall–Kier alpha value is -2.11. The second-order valence-electron chi connectivity index (χ2n) is 5.26. The number of carbonyl (C=O) groups excluding carboxylic acids is 1. The number of hydrogen-bond donors (Lipinski definition) is 2. The number of nitrogens with zero attached hydrogens (tertiary/aromatic N) is 2. The van der Waals surface area contributed by atoms with Gasteiger partial charge in [-0.1, -0.05) is 6.07 Å². The average molecular weight is 291 g/mol. The van der Waals surface area contributed by atoms with Crippen LogP contribution in [0.3, 0.4) is 0 Å². The number of nitrogens with one attached hydrogen (secondary N) is 1. The number of aliphatic carboxylic acids is 1. The van der Waals surface area contributed by atoms with Crippen molar-refractivity contribution < 1.29 is 14.7 Å². The van der Waals surface area contributed by atoms with Crippen LogP contribution in [0.25, 0.3) is 0 Å². The highest BCUT2D eigenvalue weighted by atomic mass is 16.4. The molecular formula is C15H21N3O3. The molecule has 2 rings (SSSR count). The van der Waals surface area contributed by atoms with E-state index < -0.39 is 5.97 Å². The number of hydrogen-bond acceptors (Lipinski definition) is 3. The van der Waals surface area contributed by atoms with Crippen molar-refractivity contribution >= 4 is 12.0 Å². The van der Waals surface area contributed by atoms with Crippen molar-refractivity contribution in [2.75, 3.05) is 6.54 Å². The molecule has 0 aromatic carbocycles. The van der Waals surface area contributed by atoms with Gasteiger partial charge in [-0.15, -0.1) is 0 Å². The fourth-order valence-electron chi connectivity index (χ4n) is 2.63. The summed E-state index contributed by atoms with van der Waals surface area (Å²) in [6.45, 7) is 1.08. The molecule has 6 nitrogen and oxygen atoms in total. The van der Waals surface area contributed by atoms with Crippen molar-refractivity contribution in [3.05, 3.63) is 30.1 Å². The zero-order valence-corrected chi connectivity index (χ0v) is 12.0. The Morgan fingerprint density at radius 1 is 1.38 bits per heavy atom. The zero-order valence-electron chi connectivity index (χ0n) is 12.0. The summed E-state index contributed by atoms with van der Waals surface area (Å²) in [4.78, 5) is 28.9. The number of rotatable bonds is 5. The van der Waals surface area contributed by atoms with Crippen molar-refractivity contribution in [2.45, 2.75) is 44.7 Å². The first-order valence-corrected chi connectivity index (χ1v) is 7.33. The van der Waals surface area contributed by atoms with Crippen LogP contribution < -0.4 is 5.32 Å². The predicted octanol–water partition coefficient (Wildman–Crippen LogP) is 2.01. The van der Waals surface area contributed by atoms with Gasteiger partial charge in [0.25, 0.3) is 0 Å². The summed E-state index contributed by atoms with van der Waals surface area (Å²) in [6, 6.07) is 5.47. The average Bonchev–Trinajstić information content (AvgIpc) is 2.52. The van der Waals surface area contributed by atoms with Gasteiger partial charge < -0.3 is 15.3 Å². The molecule has 1 aliphatic rings. The summed E-state index contributed by atoms with van der Waals surface area (Å²) in [5.41, 5.74) is 0.810. The van der Waals surface area contributed by atoms with Gasteiger partial charge in [-0.05, 0) is 37.8 Å². The molecule has 1 fully saturated rings. The van der Waals surface area contributed by atoms with Crippen molar-refractivity contribution in [1.82, 2.24) is 15.2 Å². The van der Waals surface area contributed by atoms with Gasteiger partial charge in [-0.3, -0.25) is 9.78 Å². The van der Waals surface area contributed by atoms with Crippen molar-refractivity contribution in [1.29, 1.82) is 0 Å². The molecule has 2 N–H and O–H groups in total. The van der Waals surface area contributed by atoms with Crippen molar-refractivity contribution in [3.8, 4) is 0 Å². The third kappa shape index (κ3) is 4.73. The Kier molecular flexibility index (Phi) is 5.54. The fourth-order valence-corrected chi connectivity index (χ4v) is 2.63. The maximum atomic E-state index is 12.3. The second kappa shape index (κ2) is 7.61. The molecule has 1 atom stereocenters. The molecule has 21 heavy (non-hydrogen) atoms. The summed E-state index contributed by atoms with van der Waals surface area (Å²) in [5, 5.41) is 11.7. The minimum absolute atomic E-state index is 0.0265. The van der Waals surface area contributed by atoms with Crippen LogP contribution in [0.4, 0.5) is 4.79 Å². The molecule has 114 valence electrons. The van der Waals surface area contributed by atoms with Gasteiger partial charge in [-0.2, -0.15) is 0 Å². The number of carboxylic acids is 1. The van der Waals surface area contributed by atoms with E-state index in [0.717, 1.165) is 25.0 Å². The van der Waals surface area contributed by atoms with Crippen molar-refractivity contribution in [2.24, 2.45) is 0 Å². The molecule has 2 amide bonds. The molecule has 1 aromatic heterocycles. The van der Waals surface area contributed by atoms with Gasteiger partial charge in [-0.25, -0.2) is 4.79 Å². The summed E-state index contributed by atoms with van der Waals surface area (Å²) in [7, 11) is 0. The van der Waals surface area contributed by atoms with Gasteiger partial charge in [0, 0.05) is 25.2 Å². The van der Waals surface area contributed by atoms with Gasteiger partial charge in [0.15, 0.2) is 0 Å². The lowest BCUT2D eigenvalue weighted by Crippen LogP contribution is -2.48. The van der Waals surface area contributed by atoms with Gasteiger partial charge in [0.05, 0.1) is 12.2 Å². The first kappa shape index (κ1) is 15.3. The topological polar surface area (TPSA) is 82.5 Å². The number of carboxylic acid groups (broad SMARTS) is 1. The summed E-state index contributed by atoms with van der Waals surface area (Å²) < 4.78 is 0. The standard InChI is InChI=1S/C15H21N3O3/c19-14(20)8-7-13-6-2-4-10-18(13)15(21)17-11-12-5-1-3-9-16-12/h1,3,5,9,13H,2,4,6-8,10-11H2,(H,17,21)(H,19,20). The number of piperidine rings is 1. The molecular weight excluding hydrogens is 270 g/mol. The van der Waals surface area contributed by atoms with Crippen LogP contribution in [-0.4, -0.2) is 39.6 Å². The smallest absolute Gasteiger partial charge is 0.317 e. The third-order valence-corrected chi connectivity index (χ3v) is 3.73. The molecule has 1 aliphatic heterocycles. The first-order chi connectivity index (χ1) is 10.2. The third-order valence-electron chi connectivity index (χ3n) is 3.73. The second-order valence-corrected chi connectivity index (χ2v) is 5.26. The van der Waals surface area contributed by atoms with Crippen LogP contribution in [0, 0.1) is 0 Å². The lowest BCUT2D eigenvalue weighted by Gasteiger charge is -2.35. The predicted molar refractivity (Wildman–Crippen MR) is 77.7 cm³/mol. The quantitative estimate of drug-likeness (QED) is 0.869. The van der Waals surface area contributed by atoms with E-state index >= 15 is 0 Å². The van der Waals surface area contributed by atoms with E-state index in [1.165, 1.54) is 0 Å². The maximum absolute atomic E-state index is 12.3. The molecule has 0 aliphatic carbocycles. The SMILES string of the molecule is O=C(O)CCC1CCCCN1C(=O)NCc1ccccn1. The Morgan fingerprint density at radius 2 is 2.24 bits per heavy atom. The van der Waals surface area contributed by atoms with Crippen LogP contribution >= 0.6 is 0 Å². The number of aromatic nitrogens is 1. The molecule has 1 aromatic rings. The minimum Gasteiger partial charge on any atom is -0.481 e. The molecule has 0 radical (unpaired) electrons. The fraction of sp³-hybridized carbons (Fsp3) is 0.533. The number of amides is 2. The molecule has 0 spiro atoms. The highest BCUT2D eigenvalue weighted by Gasteiger charge is 2.26. The van der Waals surface area contributed by atoms with Gasteiger partial charge in [0.2, 0.25) is 0 Å². The summed E-state index contributed by atoms with van der Waals surface area (Å²) in [5.74, 6) is -0.811. The van der Waals surface area contributed by atoms with Gasteiger partial charge >= 0.3 is 12.0 Å². The first-order valence-electron chi connectivity index (χ1n) is 7.33. The highest BCUT2D eigenvalue weighted by molar-refractivity contribution is 5.74. The van der Waals surface area contributed by atoms with Crippen LogP contribution in [0.2, 0.25) is 0 Å². The van der Waals surface area contributed by atoms with Crippen LogP contribution in [0.1, 0.15) is 37.8 Å². The van der Waals surface area contributed by atoms with E-state index in [1.807, 2.05) is 18.2 Å². The Labute approximate surface area is 124 Å². The largest absolute Gasteiger partial charge is 0.481 e. The number of carbonyl (C=O) groups is 2. The monoisotopic (exact) mass is 291 g/mol. The van der Waals surface area contributed by atoms with E-state index in [9.17, 15) is 9.59 Å². The molecule has 2 heterocycles. The number of likely N-dealkylation sites (tertiary alicyclic amines) is 1. The molecule has 6 heteroatoms. The highest BCUT2D eigenvalue weighted by Crippen LogP contribution is 2.21. The Balaban J connectivity index is 1.87.